The molecule has 1 N–H and O–H groups in total. The Labute approximate surface area is 128 Å². The number of rotatable bonds is 4. The van der Waals surface area contributed by atoms with Crippen molar-refractivity contribution < 1.29 is 9.90 Å². The predicted octanol–water partition coefficient (Wildman–Crippen LogP) is 4.41. The lowest BCUT2D eigenvalue weighted by atomic mass is 9.88. The SMILES string of the molecule is CCCC1CCc2nc(-c3cccc(C(=O)O)c3)sc2C1. The monoisotopic (exact) mass is 301 g/mol. The van der Waals surface area contributed by atoms with E-state index in [1.54, 1.807) is 29.5 Å². The molecule has 110 valence electrons. The van der Waals surface area contributed by atoms with E-state index in [1.807, 2.05) is 6.07 Å². The fourth-order valence-electron chi connectivity index (χ4n) is 3.01. The van der Waals surface area contributed by atoms with Gasteiger partial charge in [0, 0.05) is 10.4 Å². The number of nitrogens with zero attached hydrogens (tertiary/aromatic N) is 1. The Morgan fingerprint density at radius 3 is 3.10 bits per heavy atom. The fourth-order valence-corrected chi connectivity index (χ4v) is 4.23. The van der Waals surface area contributed by atoms with E-state index in [0.717, 1.165) is 29.3 Å². The van der Waals surface area contributed by atoms with Crippen molar-refractivity contribution in [1.29, 1.82) is 0 Å². The highest BCUT2D eigenvalue weighted by Gasteiger charge is 2.22. The van der Waals surface area contributed by atoms with Gasteiger partial charge in [0.15, 0.2) is 0 Å². The standard InChI is InChI=1S/C17H19NO2S/c1-2-4-11-7-8-14-15(9-11)21-16(18-14)12-5-3-6-13(10-12)17(19)20/h3,5-6,10-11H,2,4,7-9H2,1H3,(H,19,20). The molecule has 0 aliphatic heterocycles. The van der Waals surface area contributed by atoms with Crippen LogP contribution < -0.4 is 0 Å². The van der Waals surface area contributed by atoms with Crippen molar-refractivity contribution in [2.75, 3.05) is 0 Å². The van der Waals surface area contributed by atoms with Crippen LogP contribution in [-0.4, -0.2) is 16.1 Å². The minimum atomic E-state index is -0.888. The van der Waals surface area contributed by atoms with Crippen LogP contribution in [0.1, 0.15) is 47.1 Å². The fraction of sp³-hybridized carbons (Fsp3) is 0.412. The highest BCUT2D eigenvalue weighted by atomic mass is 32.1. The Hall–Kier alpha value is -1.68. The molecule has 0 bridgehead atoms. The van der Waals surface area contributed by atoms with Gasteiger partial charge in [-0.25, -0.2) is 9.78 Å². The molecule has 1 atom stereocenters. The first kappa shape index (κ1) is 14.3. The van der Waals surface area contributed by atoms with Crippen LogP contribution in [0.15, 0.2) is 24.3 Å². The molecule has 0 fully saturated rings. The van der Waals surface area contributed by atoms with Crippen LogP contribution >= 0.6 is 11.3 Å². The smallest absolute Gasteiger partial charge is 0.335 e. The normalized spacial score (nSPS) is 17.5. The number of hydrogen-bond donors (Lipinski definition) is 1. The number of carboxylic acid groups (broad SMARTS) is 1. The number of thiazole rings is 1. The molecule has 3 rings (SSSR count). The highest BCUT2D eigenvalue weighted by Crippen LogP contribution is 2.36. The minimum absolute atomic E-state index is 0.324. The molecular weight excluding hydrogens is 282 g/mol. The summed E-state index contributed by atoms with van der Waals surface area (Å²) in [6, 6.07) is 7.08. The van der Waals surface area contributed by atoms with Crippen LogP contribution in [0, 0.1) is 5.92 Å². The van der Waals surface area contributed by atoms with Crippen molar-refractivity contribution in [3.05, 3.63) is 40.4 Å². The van der Waals surface area contributed by atoms with Crippen LogP contribution in [0.4, 0.5) is 0 Å². The number of aromatic nitrogens is 1. The molecule has 1 aliphatic carbocycles. The van der Waals surface area contributed by atoms with E-state index in [9.17, 15) is 4.79 Å². The van der Waals surface area contributed by atoms with Crippen molar-refractivity contribution >= 4 is 17.3 Å². The molecule has 0 amide bonds. The molecule has 1 heterocycles. The van der Waals surface area contributed by atoms with Crippen molar-refractivity contribution in [3.8, 4) is 10.6 Å². The highest BCUT2D eigenvalue weighted by molar-refractivity contribution is 7.15. The van der Waals surface area contributed by atoms with Gasteiger partial charge in [-0.2, -0.15) is 0 Å². The molecule has 21 heavy (non-hydrogen) atoms. The van der Waals surface area contributed by atoms with E-state index in [2.05, 4.69) is 6.92 Å². The second-order valence-electron chi connectivity index (χ2n) is 5.67. The number of carboxylic acids is 1. The first-order valence-corrected chi connectivity index (χ1v) is 8.31. The van der Waals surface area contributed by atoms with E-state index in [1.165, 1.54) is 29.8 Å². The summed E-state index contributed by atoms with van der Waals surface area (Å²) in [4.78, 5) is 17.2. The summed E-state index contributed by atoms with van der Waals surface area (Å²) in [6.07, 6.45) is 5.97. The predicted molar refractivity (Wildman–Crippen MR) is 84.9 cm³/mol. The second kappa shape index (κ2) is 5.98. The number of hydrogen-bond acceptors (Lipinski definition) is 3. The van der Waals surface area contributed by atoms with Gasteiger partial charge in [-0.15, -0.1) is 11.3 Å². The van der Waals surface area contributed by atoms with Crippen LogP contribution in [0.3, 0.4) is 0 Å². The van der Waals surface area contributed by atoms with Crippen LogP contribution in [-0.2, 0) is 12.8 Å². The van der Waals surface area contributed by atoms with E-state index in [0.29, 0.717) is 5.56 Å². The van der Waals surface area contributed by atoms with Gasteiger partial charge in [-0.3, -0.25) is 0 Å². The largest absolute Gasteiger partial charge is 0.478 e. The maximum absolute atomic E-state index is 11.1. The lowest BCUT2D eigenvalue weighted by Gasteiger charge is -2.20. The summed E-state index contributed by atoms with van der Waals surface area (Å²) < 4.78 is 0. The molecule has 0 saturated heterocycles. The molecule has 3 nitrogen and oxygen atoms in total. The molecule has 0 radical (unpaired) electrons. The molecule has 2 aromatic rings. The summed E-state index contributed by atoms with van der Waals surface area (Å²) >= 11 is 1.73. The third-order valence-corrected chi connectivity index (χ3v) is 5.26. The lowest BCUT2D eigenvalue weighted by Crippen LogP contribution is -2.12. The van der Waals surface area contributed by atoms with Gasteiger partial charge >= 0.3 is 5.97 Å². The quantitative estimate of drug-likeness (QED) is 0.909. The summed E-state index contributed by atoms with van der Waals surface area (Å²) in [5.41, 5.74) is 2.47. The Morgan fingerprint density at radius 2 is 2.33 bits per heavy atom. The van der Waals surface area contributed by atoms with Crippen molar-refractivity contribution in [3.63, 3.8) is 0 Å². The molecule has 0 spiro atoms. The van der Waals surface area contributed by atoms with Gasteiger partial charge in [-0.1, -0.05) is 31.9 Å². The number of aryl methyl sites for hydroxylation is 1. The maximum Gasteiger partial charge on any atom is 0.335 e. The number of benzene rings is 1. The average Bonchev–Trinajstić information content (AvgIpc) is 2.91. The zero-order valence-electron chi connectivity index (χ0n) is 12.1. The van der Waals surface area contributed by atoms with Gasteiger partial charge in [0.25, 0.3) is 0 Å². The first-order chi connectivity index (χ1) is 10.2. The van der Waals surface area contributed by atoms with Crippen molar-refractivity contribution in [1.82, 2.24) is 4.98 Å². The summed E-state index contributed by atoms with van der Waals surface area (Å²) in [7, 11) is 0. The third-order valence-electron chi connectivity index (χ3n) is 4.10. The Bertz CT molecular complexity index is 663. The van der Waals surface area contributed by atoms with Gasteiger partial charge in [-0.05, 0) is 37.3 Å². The van der Waals surface area contributed by atoms with Crippen LogP contribution in [0.25, 0.3) is 10.6 Å². The van der Waals surface area contributed by atoms with Gasteiger partial charge < -0.3 is 5.11 Å². The topological polar surface area (TPSA) is 50.2 Å². The molecular formula is C17H19NO2S. The summed E-state index contributed by atoms with van der Waals surface area (Å²) in [5, 5.41) is 10.1. The number of fused-ring (bicyclic) bond motifs is 1. The third kappa shape index (κ3) is 3.00. The van der Waals surface area contributed by atoms with Crippen LogP contribution in [0.2, 0.25) is 0 Å². The summed E-state index contributed by atoms with van der Waals surface area (Å²) in [5.74, 6) is -0.0951. The number of carbonyl (C=O) groups is 1. The molecule has 1 aliphatic rings. The van der Waals surface area contributed by atoms with Gasteiger partial charge in [0.2, 0.25) is 0 Å². The average molecular weight is 301 g/mol. The second-order valence-corrected chi connectivity index (χ2v) is 6.76. The molecule has 1 aromatic heterocycles. The van der Waals surface area contributed by atoms with Crippen molar-refractivity contribution in [2.24, 2.45) is 5.92 Å². The maximum atomic E-state index is 11.1. The number of aromatic carboxylic acids is 1. The molecule has 1 aromatic carbocycles. The Kier molecular flexibility index (Phi) is 4.06. The molecule has 4 heteroatoms. The van der Waals surface area contributed by atoms with E-state index >= 15 is 0 Å². The molecule has 1 unspecified atom stereocenters. The van der Waals surface area contributed by atoms with Crippen molar-refractivity contribution in [2.45, 2.75) is 39.0 Å². The zero-order chi connectivity index (χ0) is 14.8. The van der Waals surface area contributed by atoms with E-state index in [4.69, 9.17) is 10.1 Å². The van der Waals surface area contributed by atoms with Crippen LogP contribution in [0.5, 0.6) is 0 Å². The Morgan fingerprint density at radius 1 is 1.48 bits per heavy atom. The Balaban J connectivity index is 1.88. The van der Waals surface area contributed by atoms with E-state index < -0.39 is 5.97 Å². The van der Waals surface area contributed by atoms with Gasteiger partial charge in [0.05, 0.1) is 11.3 Å². The zero-order valence-corrected chi connectivity index (χ0v) is 12.9. The van der Waals surface area contributed by atoms with E-state index in [-0.39, 0.29) is 0 Å². The lowest BCUT2D eigenvalue weighted by molar-refractivity contribution is 0.0697. The first-order valence-electron chi connectivity index (χ1n) is 7.49. The summed E-state index contributed by atoms with van der Waals surface area (Å²) in [6.45, 7) is 2.24. The molecule has 0 saturated carbocycles. The van der Waals surface area contributed by atoms with Gasteiger partial charge in [0.1, 0.15) is 5.01 Å². The minimum Gasteiger partial charge on any atom is -0.478 e.